The van der Waals surface area contributed by atoms with Crippen LogP contribution in [0, 0.1) is 11.2 Å². The number of fused-ring (bicyclic) bond motifs is 3. The molecule has 4 aromatic heterocycles. The first-order valence-corrected chi connectivity index (χ1v) is 15.1. The summed E-state index contributed by atoms with van der Waals surface area (Å²) in [7, 11) is 1.43. The molecule has 2 saturated carbocycles. The van der Waals surface area contributed by atoms with Gasteiger partial charge in [0.05, 0.1) is 30.3 Å². The lowest BCUT2D eigenvalue weighted by Gasteiger charge is -2.68. The highest BCUT2D eigenvalue weighted by Crippen LogP contribution is 2.68. The van der Waals surface area contributed by atoms with Gasteiger partial charge in [-0.2, -0.15) is 14.7 Å². The number of amides is 1. The molecule has 6 heterocycles. The smallest absolute Gasteiger partial charge is 0.291 e. The fraction of sp³-hybridized carbons (Fsp3) is 0.344. The molecule has 1 amide bonds. The molecule has 4 unspecified atom stereocenters. The second-order valence-electron chi connectivity index (χ2n) is 12.4. The summed E-state index contributed by atoms with van der Waals surface area (Å²) in [5.41, 5.74) is 4.90. The van der Waals surface area contributed by atoms with Gasteiger partial charge >= 0.3 is 0 Å². The number of methoxy groups -OCH3 is 1. The molecule has 2 N–H and O–H groups in total. The van der Waals surface area contributed by atoms with Crippen LogP contribution in [-0.4, -0.2) is 77.1 Å². The van der Waals surface area contributed by atoms with Crippen LogP contribution in [0.5, 0.6) is 5.75 Å². The molecule has 4 atom stereocenters. The van der Waals surface area contributed by atoms with Crippen molar-refractivity contribution in [3.05, 3.63) is 72.0 Å². The number of carbonyl (C=O) groups is 2. The Morgan fingerprint density at radius 3 is 2.76 bits per heavy atom. The molecule has 4 aliphatic rings. The molecule has 12 nitrogen and oxygen atoms in total. The van der Waals surface area contributed by atoms with Crippen molar-refractivity contribution in [3.8, 4) is 28.1 Å². The van der Waals surface area contributed by atoms with Crippen LogP contribution < -0.4 is 10.1 Å². The Labute approximate surface area is 256 Å². The van der Waals surface area contributed by atoms with Gasteiger partial charge in [0.1, 0.15) is 12.1 Å². The standard InChI is InChI=1S/C32H28FN9O3/c1-45-23-5-3-16(10-20(23)33)21-4-2-17(13-35-21)19-14-38-42-29(19)39-27(26-22(43)7-9-34-30(26)42)18-11-25-32(12-18)8-6-24(32)41(25)31(44)28-36-15-37-40-28/h2-5,10,13-15,18,24-25,34H,6-9,11-12H2,1H3,(H,36,37,40). The summed E-state index contributed by atoms with van der Waals surface area (Å²) >= 11 is 0. The first-order valence-electron chi connectivity index (χ1n) is 15.1. The number of aromatic nitrogens is 7. The van der Waals surface area contributed by atoms with Gasteiger partial charge in [0.2, 0.25) is 5.82 Å². The minimum Gasteiger partial charge on any atom is -0.494 e. The number of nitrogens with one attached hydrogen (secondary N) is 2. The van der Waals surface area contributed by atoms with Gasteiger partial charge in [-0.05, 0) is 49.9 Å². The third kappa shape index (κ3) is 3.60. The maximum absolute atomic E-state index is 14.3. The Morgan fingerprint density at radius 1 is 1.13 bits per heavy atom. The number of Topliss-reactive ketones (excluding diaryl/α,β-unsaturated/α-hetero) is 1. The van der Waals surface area contributed by atoms with E-state index in [1.165, 1.54) is 19.5 Å². The van der Waals surface area contributed by atoms with Crippen LogP contribution in [0.4, 0.5) is 10.2 Å². The highest BCUT2D eigenvalue weighted by Gasteiger charge is 2.71. The highest BCUT2D eigenvalue weighted by molar-refractivity contribution is 6.04. The fourth-order valence-electron chi connectivity index (χ4n) is 8.23. The average molecular weight is 606 g/mol. The molecular weight excluding hydrogens is 577 g/mol. The van der Waals surface area contributed by atoms with E-state index in [-0.39, 0.29) is 46.7 Å². The molecule has 5 aromatic rings. The summed E-state index contributed by atoms with van der Waals surface area (Å²) in [6.45, 7) is 0.521. The molecule has 2 aliphatic carbocycles. The van der Waals surface area contributed by atoms with Gasteiger partial charge in [-0.15, -0.1) is 0 Å². The van der Waals surface area contributed by atoms with Crippen LogP contribution in [0.3, 0.4) is 0 Å². The van der Waals surface area contributed by atoms with Crippen LogP contribution in [0.25, 0.3) is 28.0 Å². The normalized spacial score (nSPS) is 24.7. The van der Waals surface area contributed by atoms with Crippen molar-refractivity contribution >= 4 is 23.2 Å². The zero-order valence-corrected chi connectivity index (χ0v) is 24.3. The number of benzene rings is 1. The van der Waals surface area contributed by atoms with Crippen LogP contribution in [0.15, 0.2) is 49.1 Å². The number of H-pyrrole nitrogens is 1. The number of likely N-dealkylation sites (tertiary alicyclic amines) is 1. The van der Waals surface area contributed by atoms with Gasteiger partial charge in [0.15, 0.2) is 23.0 Å². The Hall–Kier alpha value is -5.20. The number of aromatic amines is 1. The van der Waals surface area contributed by atoms with Crippen LogP contribution in [0.2, 0.25) is 0 Å². The molecule has 1 saturated heterocycles. The number of carbonyl (C=O) groups excluding carboxylic acids is 2. The van der Waals surface area contributed by atoms with Crippen LogP contribution >= 0.6 is 0 Å². The van der Waals surface area contributed by atoms with E-state index >= 15 is 0 Å². The maximum atomic E-state index is 14.3. The monoisotopic (exact) mass is 605 g/mol. The first kappa shape index (κ1) is 26.2. The fourth-order valence-corrected chi connectivity index (χ4v) is 8.23. The third-order valence-electron chi connectivity index (χ3n) is 10.4. The van der Waals surface area contributed by atoms with E-state index in [2.05, 4.69) is 30.6 Å². The molecule has 2 aliphatic heterocycles. The van der Waals surface area contributed by atoms with E-state index in [1.54, 1.807) is 29.0 Å². The van der Waals surface area contributed by atoms with Gasteiger partial charge in [0, 0.05) is 59.3 Å². The lowest BCUT2D eigenvalue weighted by molar-refractivity contribution is -0.160. The number of hydrogen-bond donors (Lipinski definition) is 2. The molecule has 0 bridgehead atoms. The predicted octanol–water partition coefficient (Wildman–Crippen LogP) is 4.27. The van der Waals surface area contributed by atoms with Crippen molar-refractivity contribution in [1.29, 1.82) is 0 Å². The quantitative estimate of drug-likeness (QED) is 0.300. The molecule has 9 rings (SSSR count). The second-order valence-corrected chi connectivity index (χ2v) is 12.4. The number of pyridine rings is 1. The zero-order valence-electron chi connectivity index (χ0n) is 24.3. The van der Waals surface area contributed by atoms with Crippen molar-refractivity contribution in [2.24, 2.45) is 5.41 Å². The van der Waals surface area contributed by atoms with E-state index in [1.807, 2.05) is 17.0 Å². The number of ether oxygens (including phenoxy) is 1. The number of anilines is 1. The second kappa shape index (κ2) is 9.40. The van der Waals surface area contributed by atoms with Gasteiger partial charge in [-0.1, -0.05) is 6.07 Å². The third-order valence-corrected chi connectivity index (χ3v) is 10.4. The SMILES string of the molecule is COc1ccc(-c2ccc(-c3cnn4c5c(c(C6CC7N(C(=O)c8ncn[nH]8)C8CCC87C6)nc34)C(=O)CCN5)cn2)cc1F. The number of rotatable bonds is 5. The summed E-state index contributed by atoms with van der Waals surface area (Å²) in [6, 6.07) is 8.76. The predicted molar refractivity (Wildman–Crippen MR) is 159 cm³/mol. The molecule has 13 heteroatoms. The van der Waals surface area contributed by atoms with Crippen molar-refractivity contribution in [1.82, 2.24) is 39.7 Å². The molecular formula is C32H28FN9O3. The zero-order chi connectivity index (χ0) is 30.4. The molecule has 45 heavy (non-hydrogen) atoms. The lowest BCUT2D eigenvalue weighted by atomic mass is 9.53. The van der Waals surface area contributed by atoms with Crippen molar-refractivity contribution in [2.75, 3.05) is 19.0 Å². The molecule has 226 valence electrons. The Bertz CT molecular complexity index is 2030. The topological polar surface area (TPSA) is 143 Å². The first-order chi connectivity index (χ1) is 22.0. The van der Waals surface area contributed by atoms with Crippen molar-refractivity contribution < 1.29 is 18.7 Å². The lowest BCUT2D eigenvalue weighted by Crippen LogP contribution is -2.75. The van der Waals surface area contributed by atoms with Crippen LogP contribution in [0.1, 0.15) is 64.7 Å². The number of ketones is 1. The molecule has 0 radical (unpaired) electrons. The van der Waals surface area contributed by atoms with Crippen LogP contribution in [-0.2, 0) is 0 Å². The Morgan fingerprint density at radius 2 is 2.02 bits per heavy atom. The molecule has 3 fully saturated rings. The summed E-state index contributed by atoms with van der Waals surface area (Å²) < 4.78 is 21.1. The Kier molecular flexibility index (Phi) is 5.48. The number of hydrogen-bond acceptors (Lipinski definition) is 9. The summed E-state index contributed by atoms with van der Waals surface area (Å²) in [4.78, 5) is 42.6. The summed E-state index contributed by atoms with van der Waals surface area (Å²) in [5.74, 6) is 0.596. The number of halogens is 1. The number of piperidine rings is 1. The van der Waals surface area contributed by atoms with Gasteiger partial charge in [0.25, 0.3) is 5.91 Å². The van der Waals surface area contributed by atoms with E-state index < -0.39 is 5.82 Å². The minimum absolute atomic E-state index is 0.0149. The summed E-state index contributed by atoms with van der Waals surface area (Å²) in [6.07, 6.45) is 8.85. The van der Waals surface area contributed by atoms with E-state index in [0.29, 0.717) is 41.3 Å². The molecule has 1 spiro atoms. The van der Waals surface area contributed by atoms with E-state index in [4.69, 9.17) is 9.72 Å². The minimum atomic E-state index is -0.453. The summed E-state index contributed by atoms with van der Waals surface area (Å²) in [5, 5.41) is 14.6. The molecule has 1 aromatic carbocycles. The largest absolute Gasteiger partial charge is 0.494 e. The Balaban J connectivity index is 1.09. The van der Waals surface area contributed by atoms with Gasteiger partial charge in [-0.25, -0.2) is 14.4 Å². The van der Waals surface area contributed by atoms with Crippen molar-refractivity contribution in [3.63, 3.8) is 0 Å². The highest BCUT2D eigenvalue weighted by atomic mass is 19.1. The average Bonchev–Trinajstić information content (AvgIpc) is 3.82. The van der Waals surface area contributed by atoms with Crippen molar-refractivity contribution in [2.45, 2.75) is 50.1 Å². The van der Waals surface area contributed by atoms with Gasteiger partial charge in [-0.3, -0.25) is 19.7 Å². The van der Waals surface area contributed by atoms with E-state index in [9.17, 15) is 14.0 Å². The maximum Gasteiger partial charge on any atom is 0.291 e. The van der Waals surface area contributed by atoms with Gasteiger partial charge < -0.3 is 15.0 Å². The van der Waals surface area contributed by atoms with E-state index in [0.717, 1.165) is 42.5 Å². The number of nitrogens with zero attached hydrogens (tertiary/aromatic N) is 7.